The molecule has 0 amide bonds. The van der Waals surface area contributed by atoms with Gasteiger partial charge in [0.05, 0.1) is 0 Å². The topological polar surface area (TPSA) is 29.3 Å². The largest absolute Gasteiger partial charge is 0.326 e. The van der Waals surface area contributed by atoms with Crippen molar-refractivity contribution in [1.82, 2.24) is 4.90 Å². The summed E-state index contributed by atoms with van der Waals surface area (Å²) < 4.78 is 0. The summed E-state index contributed by atoms with van der Waals surface area (Å²) in [6.45, 7) is 6.72. The van der Waals surface area contributed by atoms with Crippen LogP contribution in [0.3, 0.4) is 0 Å². The normalized spacial score (nSPS) is 31.6. The average Bonchev–Trinajstić information content (AvgIpc) is 2.31. The van der Waals surface area contributed by atoms with Gasteiger partial charge in [-0.1, -0.05) is 37.3 Å². The lowest BCUT2D eigenvalue weighted by molar-refractivity contribution is 0.0995. The molecule has 1 aromatic carbocycles. The van der Waals surface area contributed by atoms with Gasteiger partial charge in [0, 0.05) is 18.6 Å². The Hall–Kier alpha value is -0.860. The summed E-state index contributed by atoms with van der Waals surface area (Å²) in [5.74, 6) is 0.655. The van der Waals surface area contributed by atoms with E-state index in [0.29, 0.717) is 18.0 Å². The van der Waals surface area contributed by atoms with E-state index < -0.39 is 0 Å². The summed E-state index contributed by atoms with van der Waals surface area (Å²) in [7, 11) is 0. The van der Waals surface area contributed by atoms with Crippen molar-refractivity contribution in [3.8, 4) is 0 Å². The molecule has 1 aliphatic rings. The van der Waals surface area contributed by atoms with Crippen LogP contribution in [0.1, 0.15) is 25.8 Å². The van der Waals surface area contributed by atoms with Gasteiger partial charge in [0.1, 0.15) is 0 Å². The van der Waals surface area contributed by atoms with E-state index in [1.165, 1.54) is 18.5 Å². The molecule has 2 heteroatoms. The second kappa shape index (κ2) is 4.98. The van der Waals surface area contributed by atoms with Gasteiger partial charge in [-0.05, 0) is 31.4 Å². The maximum Gasteiger partial charge on any atom is 0.0237 e. The maximum absolute atomic E-state index is 6.22. The zero-order chi connectivity index (χ0) is 11.5. The molecule has 0 bridgehead atoms. The molecule has 0 aromatic heterocycles. The fourth-order valence-electron chi connectivity index (χ4n) is 2.53. The molecule has 2 rings (SSSR count). The minimum Gasteiger partial charge on any atom is -0.326 e. The Bertz CT molecular complexity index is 323. The number of rotatable bonds is 2. The highest BCUT2D eigenvalue weighted by Crippen LogP contribution is 2.22. The van der Waals surface area contributed by atoms with Gasteiger partial charge >= 0.3 is 0 Å². The van der Waals surface area contributed by atoms with Crippen LogP contribution in [-0.2, 0) is 6.54 Å². The average molecular weight is 218 g/mol. The highest BCUT2D eigenvalue weighted by Gasteiger charge is 2.29. The van der Waals surface area contributed by atoms with Gasteiger partial charge in [-0.3, -0.25) is 4.90 Å². The Morgan fingerprint density at radius 1 is 1.25 bits per heavy atom. The summed E-state index contributed by atoms with van der Waals surface area (Å²) in [6.07, 6.45) is 1.22. The number of benzene rings is 1. The van der Waals surface area contributed by atoms with Gasteiger partial charge < -0.3 is 5.73 Å². The third-order valence-electron chi connectivity index (χ3n) is 3.89. The van der Waals surface area contributed by atoms with Gasteiger partial charge in [-0.2, -0.15) is 0 Å². The van der Waals surface area contributed by atoms with Crippen molar-refractivity contribution < 1.29 is 0 Å². The number of hydrogen-bond acceptors (Lipinski definition) is 2. The monoisotopic (exact) mass is 218 g/mol. The molecule has 1 fully saturated rings. The number of nitrogens with zero attached hydrogens (tertiary/aromatic N) is 1. The molecule has 16 heavy (non-hydrogen) atoms. The number of hydrogen-bond donors (Lipinski definition) is 1. The minimum absolute atomic E-state index is 0.317. The minimum atomic E-state index is 0.317. The van der Waals surface area contributed by atoms with E-state index >= 15 is 0 Å². The van der Waals surface area contributed by atoms with Crippen molar-refractivity contribution >= 4 is 0 Å². The van der Waals surface area contributed by atoms with E-state index in [0.717, 1.165) is 6.54 Å². The van der Waals surface area contributed by atoms with E-state index in [4.69, 9.17) is 5.73 Å². The van der Waals surface area contributed by atoms with Crippen molar-refractivity contribution in [2.45, 2.75) is 38.9 Å². The van der Waals surface area contributed by atoms with Gasteiger partial charge in [0.25, 0.3) is 0 Å². The predicted octanol–water partition coefficient (Wildman–Crippen LogP) is 2.24. The van der Waals surface area contributed by atoms with Crippen LogP contribution >= 0.6 is 0 Å². The number of likely N-dealkylation sites (tertiary alicyclic amines) is 1. The van der Waals surface area contributed by atoms with E-state index in [1.54, 1.807) is 0 Å². The fraction of sp³-hybridized carbons (Fsp3) is 0.571. The third kappa shape index (κ3) is 2.45. The first-order valence-electron chi connectivity index (χ1n) is 6.22. The molecule has 0 radical (unpaired) electrons. The molecule has 2 N–H and O–H groups in total. The van der Waals surface area contributed by atoms with Crippen LogP contribution in [0.2, 0.25) is 0 Å². The number of nitrogens with two attached hydrogens (primary N) is 1. The molecule has 1 aromatic rings. The highest BCUT2D eigenvalue weighted by atomic mass is 15.2. The maximum atomic E-state index is 6.22. The van der Waals surface area contributed by atoms with Crippen LogP contribution in [0, 0.1) is 5.92 Å². The molecule has 2 nitrogen and oxygen atoms in total. The number of piperidine rings is 1. The quantitative estimate of drug-likeness (QED) is 0.825. The third-order valence-corrected chi connectivity index (χ3v) is 3.89. The lowest BCUT2D eigenvalue weighted by atomic mass is 9.88. The predicted molar refractivity (Wildman–Crippen MR) is 68.1 cm³/mol. The molecule has 1 heterocycles. The van der Waals surface area contributed by atoms with Crippen molar-refractivity contribution in [2.24, 2.45) is 11.7 Å². The van der Waals surface area contributed by atoms with Crippen LogP contribution < -0.4 is 5.73 Å². The van der Waals surface area contributed by atoms with E-state index in [-0.39, 0.29) is 0 Å². The molecule has 1 aliphatic heterocycles. The standard InChI is InChI=1S/C14H22N2/c1-11-8-9-16(12(2)14(11)15)10-13-6-4-3-5-7-13/h3-7,11-12,14H,8-10,15H2,1-2H3/t11-,12-,14+/m1/s1. The Morgan fingerprint density at radius 2 is 1.94 bits per heavy atom. The molecule has 3 atom stereocenters. The van der Waals surface area contributed by atoms with Crippen molar-refractivity contribution in [2.75, 3.05) is 6.54 Å². The molecule has 0 spiro atoms. The lowest BCUT2D eigenvalue weighted by Crippen LogP contribution is -2.53. The Kier molecular flexibility index (Phi) is 3.62. The van der Waals surface area contributed by atoms with Crippen molar-refractivity contribution in [3.63, 3.8) is 0 Å². The molecule has 88 valence electrons. The van der Waals surface area contributed by atoms with Gasteiger partial charge in [0.2, 0.25) is 0 Å². The molecule has 0 saturated carbocycles. The van der Waals surface area contributed by atoms with Crippen LogP contribution in [0.5, 0.6) is 0 Å². The molecule has 0 aliphatic carbocycles. The zero-order valence-electron chi connectivity index (χ0n) is 10.3. The summed E-state index contributed by atoms with van der Waals surface area (Å²) in [4.78, 5) is 2.50. The smallest absolute Gasteiger partial charge is 0.0237 e. The molecular weight excluding hydrogens is 196 g/mol. The summed E-state index contributed by atoms with van der Waals surface area (Å²) in [5.41, 5.74) is 7.61. The van der Waals surface area contributed by atoms with Crippen molar-refractivity contribution in [3.05, 3.63) is 35.9 Å². The first-order valence-corrected chi connectivity index (χ1v) is 6.22. The second-order valence-electron chi connectivity index (χ2n) is 5.04. The van der Waals surface area contributed by atoms with Gasteiger partial charge in [-0.15, -0.1) is 0 Å². The first-order chi connectivity index (χ1) is 7.68. The molecule has 1 saturated heterocycles. The van der Waals surface area contributed by atoms with Crippen LogP contribution in [0.15, 0.2) is 30.3 Å². The Balaban J connectivity index is 2.00. The van der Waals surface area contributed by atoms with E-state index in [1.807, 2.05) is 0 Å². The van der Waals surface area contributed by atoms with Crippen LogP contribution in [-0.4, -0.2) is 23.5 Å². The highest BCUT2D eigenvalue weighted by molar-refractivity contribution is 5.14. The molecular formula is C14H22N2. The van der Waals surface area contributed by atoms with E-state index in [9.17, 15) is 0 Å². The first kappa shape index (κ1) is 11.6. The summed E-state index contributed by atoms with van der Waals surface area (Å²) in [5, 5.41) is 0. The van der Waals surface area contributed by atoms with Crippen LogP contribution in [0.25, 0.3) is 0 Å². The van der Waals surface area contributed by atoms with Gasteiger partial charge in [0.15, 0.2) is 0 Å². The summed E-state index contributed by atoms with van der Waals surface area (Å²) in [6, 6.07) is 11.5. The second-order valence-corrected chi connectivity index (χ2v) is 5.04. The molecule has 0 unspecified atom stereocenters. The fourth-order valence-corrected chi connectivity index (χ4v) is 2.53. The lowest BCUT2D eigenvalue weighted by Gasteiger charge is -2.41. The SMILES string of the molecule is C[C@@H]1CCN(Cc2ccccc2)[C@H](C)[C@H]1N. The van der Waals surface area contributed by atoms with E-state index in [2.05, 4.69) is 49.1 Å². The van der Waals surface area contributed by atoms with Crippen LogP contribution in [0.4, 0.5) is 0 Å². The zero-order valence-corrected chi connectivity index (χ0v) is 10.3. The van der Waals surface area contributed by atoms with Gasteiger partial charge in [-0.25, -0.2) is 0 Å². The summed E-state index contributed by atoms with van der Waals surface area (Å²) >= 11 is 0. The Labute approximate surface area is 98.4 Å². The van der Waals surface area contributed by atoms with Crippen molar-refractivity contribution in [1.29, 1.82) is 0 Å². The Morgan fingerprint density at radius 3 is 2.62 bits per heavy atom.